The lowest BCUT2D eigenvalue weighted by Crippen LogP contribution is -2.34. The third-order valence-corrected chi connectivity index (χ3v) is 5.17. The molecule has 7 nitrogen and oxygen atoms in total. The van der Waals surface area contributed by atoms with E-state index in [2.05, 4.69) is 15.1 Å². The number of nitrogens with zero attached hydrogens (tertiary/aromatic N) is 4. The Bertz CT molecular complexity index is 745. The van der Waals surface area contributed by atoms with E-state index in [4.69, 9.17) is 4.42 Å². The van der Waals surface area contributed by atoms with Gasteiger partial charge in [0.15, 0.2) is 0 Å². The van der Waals surface area contributed by atoms with Crippen LogP contribution in [0.2, 0.25) is 0 Å². The predicted molar refractivity (Wildman–Crippen MR) is 86.0 cm³/mol. The fourth-order valence-electron chi connectivity index (χ4n) is 2.64. The van der Waals surface area contributed by atoms with Crippen LogP contribution in [0, 0.1) is 0 Å². The van der Waals surface area contributed by atoms with Crippen LogP contribution in [-0.4, -0.2) is 60.3 Å². The number of sulfonamides is 1. The Labute approximate surface area is 136 Å². The van der Waals surface area contributed by atoms with Crippen molar-refractivity contribution >= 4 is 10.0 Å². The van der Waals surface area contributed by atoms with E-state index in [1.165, 1.54) is 10.6 Å². The van der Waals surface area contributed by atoms with Gasteiger partial charge in [-0.1, -0.05) is 18.2 Å². The van der Waals surface area contributed by atoms with Crippen molar-refractivity contribution in [2.75, 3.05) is 32.4 Å². The maximum absolute atomic E-state index is 11.6. The first kappa shape index (κ1) is 16.1. The number of hydrogen-bond acceptors (Lipinski definition) is 6. The molecule has 0 aliphatic carbocycles. The van der Waals surface area contributed by atoms with Crippen LogP contribution in [0.15, 0.2) is 34.7 Å². The SMILES string of the molecule is CS(=O)(=O)N1CCCN(Cc2nnc(-c3ccccc3)o2)CC1. The van der Waals surface area contributed by atoms with Gasteiger partial charge < -0.3 is 4.42 Å². The molecule has 3 rings (SSSR count). The van der Waals surface area contributed by atoms with Gasteiger partial charge in [-0.2, -0.15) is 0 Å². The van der Waals surface area contributed by atoms with Gasteiger partial charge >= 0.3 is 0 Å². The van der Waals surface area contributed by atoms with Gasteiger partial charge in [0.25, 0.3) is 0 Å². The van der Waals surface area contributed by atoms with E-state index >= 15 is 0 Å². The van der Waals surface area contributed by atoms with Gasteiger partial charge in [0.05, 0.1) is 12.8 Å². The van der Waals surface area contributed by atoms with Crippen LogP contribution in [0.1, 0.15) is 12.3 Å². The second-order valence-electron chi connectivity index (χ2n) is 5.66. The highest BCUT2D eigenvalue weighted by Crippen LogP contribution is 2.18. The topological polar surface area (TPSA) is 79.5 Å². The van der Waals surface area contributed by atoms with E-state index in [1.54, 1.807) is 0 Å². The highest BCUT2D eigenvalue weighted by Gasteiger charge is 2.22. The third-order valence-electron chi connectivity index (χ3n) is 3.86. The predicted octanol–water partition coefficient (Wildman–Crippen LogP) is 1.20. The van der Waals surface area contributed by atoms with Crippen LogP contribution >= 0.6 is 0 Å². The smallest absolute Gasteiger partial charge is 0.247 e. The fourth-order valence-corrected chi connectivity index (χ4v) is 3.52. The number of rotatable bonds is 4. The Morgan fingerprint density at radius 3 is 2.61 bits per heavy atom. The van der Waals surface area contributed by atoms with Gasteiger partial charge in [0, 0.05) is 25.2 Å². The molecule has 2 aromatic rings. The van der Waals surface area contributed by atoms with Gasteiger partial charge in [-0.25, -0.2) is 12.7 Å². The maximum atomic E-state index is 11.6. The second-order valence-corrected chi connectivity index (χ2v) is 7.64. The summed E-state index contributed by atoms with van der Waals surface area (Å²) in [4.78, 5) is 2.15. The molecule has 124 valence electrons. The molecule has 0 radical (unpaired) electrons. The molecule has 1 aromatic carbocycles. The summed E-state index contributed by atoms with van der Waals surface area (Å²) in [5.41, 5.74) is 0.894. The van der Waals surface area contributed by atoms with Crippen molar-refractivity contribution in [2.45, 2.75) is 13.0 Å². The molecule has 0 spiro atoms. The van der Waals surface area contributed by atoms with E-state index in [1.807, 2.05) is 30.3 Å². The molecule has 8 heteroatoms. The molecule has 1 saturated heterocycles. The summed E-state index contributed by atoms with van der Waals surface area (Å²) < 4.78 is 30.5. The van der Waals surface area contributed by atoms with Gasteiger partial charge in [-0.15, -0.1) is 10.2 Å². The molecule has 0 atom stereocenters. The van der Waals surface area contributed by atoms with Crippen molar-refractivity contribution in [2.24, 2.45) is 0 Å². The molecule has 0 N–H and O–H groups in total. The van der Waals surface area contributed by atoms with Crippen LogP contribution < -0.4 is 0 Å². The minimum atomic E-state index is -3.12. The Morgan fingerprint density at radius 2 is 1.87 bits per heavy atom. The largest absolute Gasteiger partial charge is 0.419 e. The molecular formula is C15H20N4O3S. The van der Waals surface area contributed by atoms with Crippen LogP contribution in [0.3, 0.4) is 0 Å². The zero-order valence-electron chi connectivity index (χ0n) is 13.1. The van der Waals surface area contributed by atoms with Crippen molar-refractivity contribution in [1.82, 2.24) is 19.4 Å². The van der Waals surface area contributed by atoms with E-state index in [9.17, 15) is 8.42 Å². The normalized spacial score (nSPS) is 18.0. The minimum absolute atomic E-state index is 0.499. The molecule has 1 aromatic heterocycles. The zero-order valence-corrected chi connectivity index (χ0v) is 13.9. The number of hydrogen-bond donors (Lipinski definition) is 0. The Hall–Kier alpha value is -1.77. The highest BCUT2D eigenvalue weighted by atomic mass is 32.2. The van der Waals surface area contributed by atoms with Gasteiger partial charge in [0.2, 0.25) is 21.8 Å². The lowest BCUT2D eigenvalue weighted by molar-refractivity contribution is 0.251. The van der Waals surface area contributed by atoms with Gasteiger partial charge in [-0.05, 0) is 25.1 Å². The molecule has 2 heterocycles. The van der Waals surface area contributed by atoms with Crippen molar-refractivity contribution < 1.29 is 12.8 Å². The lowest BCUT2D eigenvalue weighted by Gasteiger charge is -2.18. The first-order valence-corrected chi connectivity index (χ1v) is 9.42. The summed E-state index contributed by atoms with van der Waals surface area (Å²) in [6.07, 6.45) is 2.06. The summed E-state index contributed by atoms with van der Waals surface area (Å²) in [6, 6.07) is 9.63. The van der Waals surface area contributed by atoms with E-state index in [0.717, 1.165) is 18.5 Å². The van der Waals surface area contributed by atoms with Crippen molar-refractivity contribution in [3.8, 4) is 11.5 Å². The fraction of sp³-hybridized carbons (Fsp3) is 0.467. The van der Waals surface area contributed by atoms with Crippen LogP contribution in [0.4, 0.5) is 0 Å². The van der Waals surface area contributed by atoms with Gasteiger partial charge in [-0.3, -0.25) is 4.90 Å². The first-order chi connectivity index (χ1) is 11.0. The van der Waals surface area contributed by atoms with Crippen LogP contribution in [0.5, 0.6) is 0 Å². The highest BCUT2D eigenvalue weighted by molar-refractivity contribution is 7.88. The van der Waals surface area contributed by atoms with E-state index in [-0.39, 0.29) is 0 Å². The average molecular weight is 336 g/mol. The minimum Gasteiger partial charge on any atom is -0.419 e. The molecule has 0 bridgehead atoms. The molecule has 1 aliphatic heterocycles. The first-order valence-electron chi connectivity index (χ1n) is 7.57. The monoisotopic (exact) mass is 336 g/mol. The summed E-state index contributed by atoms with van der Waals surface area (Å²) in [7, 11) is -3.12. The molecule has 0 saturated carbocycles. The quantitative estimate of drug-likeness (QED) is 0.835. The van der Waals surface area contributed by atoms with Crippen molar-refractivity contribution in [3.63, 3.8) is 0 Å². The molecule has 23 heavy (non-hydrogen) atoms. The average Bonchev–Trinajstić information content (AvgIpc) is 2.85. The molecule has 1 aliphatic rings. The van der Waals surface area contributed by atoms with Gasteiger partial charge in [0.1, 0.15) is 0 Å². The Morgan fingerprint density at radius 1 is 1.09 bits per heavy atom. The van der Waals surface area contributed by atoms with E-state index in [0.29, 0.717) is 38.0 Å². The number of aromatic nitrogens is 2. The van der Waals surface area contributed by atoms with Crippen LogP contribution in [-0.2, 0) is 16.6 Å². The van der Waals surface area contributed by atoms with Crippen LogP contribution in [0.25, 0.3) is 11.5 Å². The van der Waals surface area contributed by atoms with E-state index < -0.39 is 10.0 Å². The standard InChI is InChI=1S/C15H20N4O3S/c1-23(20,21)19-9-5-8-18(10-11-19)12-14-16-17-15(22-14)13-6-3-2-4-7-13/h2-4,6-7H,5,8-12H2,1H3. The number of benzene rings is 1. The lowest BCUT2D eigenvalue weighted by atomic mass is 10.2. The second kappa shape index (κ2) is 6.77. The Kier molecular flexibility index (Phi) is 4.74. The van der Waals surface area contributed by atoms with Crippen molar-refractivity contribution in [1.29, 1.82) is 0 Å². The zero-order chi connectivity index (χ0) is 16.3. The molecule has 0 unspecified atom stereocenters. The molecule has 1 fully saturated rings. The Balaban J connectivity index is 1.63. The summed E-state index contributed by atoms with van der Waals surface area (Å²) >= 11 is 0. The maximum Gasteiger partial charge on any atom is 0.247 e. The van der Waals surface area contributed by atoms with Crippen molar-refractivity contribution in [3.05, 3.63) is 36.2 Å². The molecular weight excluding hydrogens is 316 g/mol. The molecule has 0 amide bonds. The summed E-state index contributed by atoms with van der Waals surface area (Å²) in [5.74, 6) is 1.06. The third kappa shape index (κ3) is 4.15. The summed E-state index contributed by atoms with van der Waals surface area (Å²) in [6.45, 7) is 3.08. The summed E-state index contributed by atoms with van der Waals surface area (Å²) in [5, 5.41) is 8.17.